The Kier molecular flexibility index (Phi) is 4.02. The SMILES string of the molecule is Cn1cc(-c2nc3c4cccc(Br)c4nc(Nc4cnccnc4=O)n3n2)cn1. The van der Waals surface area contributed by atoms with Crippen LogP contribution in [-0.4, -0.2) is 39.3 Å². The molecular weight excluding hydrogens is 438 g/mol. The van der Waals surface area contributed by atoms with Gasteiger partial charge in [-0.25, -0.2) is 15.0 Å². The van der Waals surface area contributed by atoms with Gasteiger partial charge in [0.15, 0.2) is 11.5 Å². The topological polar surface area (TPSA) is 116 Å². The minimum absolute atomic E-state index is 0.175. The quantitative estimate of drug-likeness (QED) is 0.446. The summed E-state index contributed by atoms with van der Waals surface area (Å²) in [4.78, 5) is 29.3. The third-order valence-corrected chi connectivity index (χ3v) is 4.88. The summed E-state index contributed by atoms with van der Waals surface area (Å²) in [7, 11) is 1.82. The molecule has 0 bridgehead atoms. The smallest absolute Gasteiger partial charge is 0.295 e. The summed E-state index contributed by atoms with van der Waals surface area (Å²) < 4.78 is 4.03. The summed E-state index contributed by atoms with van der Waals surface area (Å²) in [5.74, 6) is 0.807. The van der Waals surface area contributed by atoms with Gasteiger partial charge in [0.2, 0.25) is 5.95 Å². The van der Waals surface area contributed by atoms with Gasteiger partial charge in [-0.15, -0.1) is 5.10 Å². The molecule has 1 aromatic carbocycles. The first-order valence-electron chi connectivity index (χ1n) is 8.51. The van der Waals surface area contributed by atoms with Crippen molar-refractivity contribution in [1.82, 2.24) is 39.3 Å². The van der Waals surface area contributed by atoms with Crippen molar-refractivity contribution in [3.05, 3.63) is 64.0 Å². The molecule has 0 radical (unpaired) electrons. The molecule has 1 N–H and O–H groups in total. The summed E-state index contributed by atoms with van der Waals surface area (Å²) in [5, 5.41) is 12.6. The molecule has 0 aliphatic heterocycles. The molecule has 0 spiro atoms. The van der Waals surface area contributed by atoms with E-state index in [0.717, 1.165) is 15.4 Å². The van der Waals surface area contributed by atoms with Gasteiger partial charge in [-0.3, -0.25) is 14.5 Å². The Bertz CT molecular complexity index is 1440. The van der Waals surface area contributed by atoms with Crippen LogP contribution in [-0.2, 0) is 7.05 Å². The van der Waals surface area contributed by atoms with Crippen LogP contribution in [0.15, 0.2) is 58.5 Å². The highest BCUT2D eigenvalue weighted by Crippen LogP contribution is 2.29. The van der Waals surface area contributed by atoms with Crippen molar-refractivity contribution in [2.75, 3.05) is 5.32 Å². The number of hydrogen-bond acceptors (Lipinski definition) is 8. The van der Waals surface area contributed by atoms with Crippen LogP contribution in [0.1, 0.15) is 0 Å². The number of benzene rings is 1. The van der Waals surface area contributed by atoms with Crippen LogP contribution in [0.25, 0.3) is 27.9 Å². The molecule has 0 aliphatic rings. The summed E-state index contributed by atoms with van der Waals surface area (Å²) in [6.45, 7) is 0. The lowest BCUT2D eigenvalue weighted by atomic mass is 10.2. The number of aryl methyl sites for hydroxylation is 1. The molecule has 0 aliphatic carbocycles. The second-order valence-corrected chi connectivity index (χ2v) is 7.05. The van der Waals surface area contributed by atoms with Crippen LogP contribution < -0.4 is 10.9 Å². The average Bonchev–Trinajstić information content (AvgIpc) is 3.29. The zero-order valence-electron chi connectivity index (χ0n) is 15.0. The van der Waals surface area contributed by atoms with E-state index in [1.54, 1.807) is 15.4 Å². The van der Waals surface area contributed by atoms with Crippen molar-refractivity contribution >= 4 is 44.1 Å². The third-order valence-electron chi connectivity index (χ3n) is 4.24. The Morgan fingerprint density at radius 3 is 2.86 bits per heavy atom. The molecule has 142 valence electrons. The minimum Gasteiger partial charge on any atom is -0.318 e. The maximum absolute atomic E-state index is 12.2. The maximum Gasteiger partial charge on any atom is 0.295 e. The second-order valence-electron chi connectivity index (χ2n) is 6.19. The van der Waals surface area contributed by atoms with Gasteiger partial charge >= 0.3 is 0 Å². The second kappa shape index (κ2) is 6.71. The summed E-state index contributed by atoms with van der Waals surface area (Å²) >= 11 is 3.53. The number of hydrogen-bond donors (Lipinski definition) is 1. The van der Waals surface area contributed by atoms with Gasteiger partial charge in [0.1, 0.15) is 5.69 Å². The number of anilines is 2. The number of para-hydroxylation sites is 1. The highest BCUT2D eigenvalue weighted by Gasteiger charge is 2.17. The fourth-order valence-electron chi connectivity index (χ4n) is 2.92. The van der Waals surface area contributed by atoms with Gasteiger partial charge < -0.3 is 5.32 Å². The fraction of sp³-hybridized carbons (Fsp3) is 0.0556. The van der Waals surface area contributed by atoms with Gasteiger partial charge in [0.05, 0.1) is 23.5 Å². The average molecular weight is 450 g/mol. The van der Waals surface area contributed by atoms with Gasteiger partial charge in [-0.1, -0.05) is 6.07 Å². The van der Waals surface area contributed by atoms with E-state index in [0.29, 0.717) is 22.9 Å². The van der Waals surface area contributed by atoms with Crippen LogP contribution in [0.2, 0.25) is 0 Å². The van der Waals surface area contributed by atoms with Crippen LogP contribution in [0, 0.1) is 0 Å². The molecule has 0 saturated heterocycles. The normalized spacial score (nSPS) is 11.2. The summed E-state index contributed by atoms with van der Waals surface area (Å²) in [6.07, 6.45) is 7.68. The molecule has 11 heteroatoms. The first kappa shape index (κ1) is 17.4. The molecule has 4 heterocycles. The van der Waals surface area contributed by atoms with Crippen LogP contribution >= 0.6 is 15.9 Å². The Morgan fingerprint density at radius 1 is 1.14 bits per heavy atom. The van der Waals surface area contributed by atoms with Crippen molar-refractivity contribution in [3.8, 4) is 11.4 Å². The van der Waals surface area contributed by atoms with E-state index in [4.69, 9.17) is 4.98 Å². The predicted octanol–water partition coefficient (Wildman–Crippen LogP) is 2.33. The molecule has 0 amide bonds. The number of halogens is 1. The number of nitrogens with one attached hydrogen (secondary N) is 1. The Hall–Kier alpha value is -3.73. The molecule has 10 nitrogen and oxygen atoms in total. The van der Waals surface area contributed by atoms with Crippen LogP contribution in [0.3, 0.4) is 0 Å². The van der Waals surface area contributed by atoms with E-state index in [2.05, 4.69) is 46.4 Å². The molecule has 0 unspecified atom stereocenters. The van der Waals surface area contributed by atoms with E-state index in [9.17, 15) is 4.79 Å². The Balaban J connectivity index is 1.79. The van der Waals surface area contributed by atoms with Crippen LogP contribution in [0.5, 0.6) is 0 Å². The lowest BCUT2D eigenvalue weighted by Gasteiger charge is -2.08. The first-order chi connectivity index (χ1) is 14.1. The third kappa shape index (κ3) is 3.01. The van der Waals surface area contributed by atoms with Gasteiger partial charge in [-0.2, -0.15) is 9.61 Å². The van der Waals surface area contributed by atoms with Crippen molar-refractivity contribution < 1.29 is 0 Å². The minimum atomic E-state index is -0.461. The fourth-order valence-corrected chi connectivity index (χ4v) is 3.38. The number of fused-ring (bicyclic) bond motifs is 3. The Labute approximate surface area is 171 Å². The van der Waals surface area contributed by atoms with E-state index in [1.807, 2.05) is 31.4 Å². The summed E-state index contributed by atoms with van der Waals surface area (Å²) in [6, 6.07) is 5.71. The van der Waals surface area contributed by atoms with Gasteiger partial charge in [0, 0.05) is 35.5 Å². The molecule has 29 heavy (non-hydrogen) atoms. The molecule has 5 aromatic rings. The lowest BCUT2D eigenvalue weighted by molar-refractivity contribution is 0.768. The number of aromatic nitrogens is 8. The van der Waals surface area contributed by atoms with Crippen molar-refractivity contribution in [2.24, 2.45) is 7.05 Å². The van der Waals surface area contributed by atoms with E-state index in [1.165, 1.54) is 18.6 Å². The maximum atomic E-state index is 12.2. The van der Waals surface area contributed by atoms with E-state index in [-0.39, 0.29) is 5.69 Å². The first-order valence-corrected chi connectivity index (χ1v) is 9.31. The van der Waals surface area contributed by atoms with Gasteiger partial charge in [-0.05, 0) is 28.1 Å². The van der Waals surface area contributed by atoms with Crippen molar-refractivity contribution in [2.45, 2.75) is 0 Å². The standard InChI is InChI=1S/C18H12BrN9O/c1-27-9-10(7-22-27)15-25-16-11-3-2-4-12(19)14(11)24-18(28(16)26-15)23-13-8-20-5-6-21-17(13)29/h2-9H,1H3,(H,21,23,24,29). The predicted molar refractivity (Wildman–Crippen MR) is 110 cm³/mol. The molecule has 0 fully saturated rings. The molecular formula is C18H12BrN9O. The molecule has 0 saturated carbocycles. The zero-order valence-corrected chi connectivity index (χ0v) is 16.6. The Morgan fingerprint density at radius 2 is 2.03 bits per heavy atom. The zero-order chi connectivity index (χ0) is 20.0. The lowest BCUT2D eigenvalue weighted by Crippen LogP contribution is -2.12. The molecule has 0 atom stereocenters. The van der Waals surface area contributed by atoms with Crippen molar-refractivity contribution in [1.29, 1.82) is 0 Å². The van der Waals surface area contributed by atoms with Crippen molar-refractivity contribution in [3.63, 3.8) is 0 Å². The van der Waals surface area contributed by atoms with Crippen LogP contribution in [0.4, 0.5) is 11.6 Å². The highest BCUT2D eigenvalue weighted by atomic mass is 79.9. The monoisotopic (exact) mass is 449 g/mol. The molecule has 4 aromatic heterocycles. The highest BCUT2D eigenvalue weighted by molar-refractivity contribution is 9.10. The molecule has 5 rings (SSSR count). The number of nitrogens with zero attached hydrogens (tertiary/aromatic N) is 8. The van der Waals surface area contributed by atoms with Gasteiger partial charge in [0.25, 0.3) is 5.56 Å². The van der Waals surface area contributed by atoms with E-state index < -0.39 is 5.56 Å². The largest absolute Gasteiger partial charge is 0.318 e. The summed E-state index contributed by atoms with van der Waals surface area (Å²) in [5.41, 5.74) is 1.75. The van der Waals surface area contributed by atoms with E-state index >= 15 is 0 Å². The number of rotatable bonds is 3.